The number of furan rings is 1. The van der Waals surface area contributed by atoms with Crippen molar-refractivity contribution in [2.75, 3.05) is 0 Å². The van der Waals surface area contributed by atoms with Gasteiger partial charge in [0.05, 0.1) is 27.4 Å². The fourth-order valence-corrected chi connectivity index (χ4v) is 5.85. The van der Waals surface area contributed by atoms with Crippen molar-refractivity contribution >= 4 is 43.5 Å². The minimum Gasteiger partial charge on any atom is -0.455 e. The molecule has 1 heterocycles. The van der Waals surface area contributed by atoms with E-state index in [9.17, 15) is 5.48 Å². The number of para-hydroxylation sites is 1. The Morgan fingerprint density at radius 2 is 0.933 bits per heavy atom. The highest BCUT2D eigenvalue weighted by atomic mass is 16.3. The van der Waals surface area contributed by atoms with E-state index in [2.05, 4.69) is 0 Å². The van der Waals surface area contributed by atoms with Crippen molar-refractivity contribution in [3.05, 3.63) is 169 Å². The van der Waals surface area contributed by atoms with Crippen LogP contribution in [0.3, 0.4) is 0 Å². The summed E-state index contributed by atoms with van der Waals surface area (Å²) in [6, 6.07) is -0.571. The Morgan fingerprint density at radius 3 is 1.62 bits per heavy atom. The van der Waals surface area contributed by atoms with Crippen molar-refractivity contribution < 1.29 is 31.8 Å². The Hall–Kier alpha value is -5.92. The van der Waals surface area contributed by atoms with Gasteiger partial charge in [-0.1, -0.05) is 157 Å². The minimum absolute atomic E-state index is 0.0870. The molecule has 0 bridgehead atoms. The molecule has 210 valence electrons. The molecule has 1 aromatic heterocycles. The first-order valence-electron chi connectivity index (χ1n) is 23.8. The largest absolute Gasteiger partial charge is 0.455 e. The first-order valence-corrected chi connectivity index (χ1v) is 13.8. The molecule has 1 nitrogen and oxygen atoms in total. The molecule has 0 unspecified atom stereocenters. The van der Waals surface area contributed by atoms with E-state index >= 15 is 0 Å². The lowest BCUT2D eigenvalue weighted by molar-refractivity contribution is 0.670. The first kappa shape index (κ1) is 12.6. The Labute approximate surface area is 289 Å². The van der Waals surface area contributed by atoms with E-state index in [0.717, 1.165) is 0 Å². The van der Waals surface area contributed by atoms with Crippen LogP contribution < -0.4 is 0 Å². The van der Waals surface area contributed by atoms with Crippen molar-refractivity contribution in [1.82, 2.24) is 0 Å². The predicted molar refractivity (Wildman–Crippen MR) is 190 cm³/mol. The lowest BCUT2D eigenvalue weighted by Crippen LogP contribution is -1.91. The molecule has 0 atom stereocenters. The summed E-state index contributed by atoms with van der Waals surface area (Å²) in [7, 11) is 0. The minimum atomic E-state index is -0.741. The van der Waals surface area contributed by atoms with Gasteiger partial charge in [-0.25, -0.2) is 0 Å². The summed E-state index contributed by atoms with van der Waals surface area (Å²) in [4.78, 5) is 0. The van der Waals surface area contributed by atoms with Crippen LogP contribution in [0.5, 0.6) is 0 Å². The maximum absolute atomic E-state index is 9.58. The Balaban J connectivity index is 1.48. The second-order valence-electron chi connectivity index (χ2n) is 10.1. The second-order valence-corrected chi connectivity index (χ2v) is 10.1. The zero-order valence-corrected chi connectivity index (χ0v) is 23.0. The van der Waals surface area contributed by atoms with Crippen LogP contribution in [-0.2, 0) is 0 Å². The van der Waals surface area contributed by atoms with Gasteiger partial charge in [0, 0.05) is 16.3 Å². The average Bonchev–Trinajstić information content (AvgIpc) is 3.69. The standard InChI is InChI=1S/C44H28O/c1-3-14-29(15-4-1)31-18-11-19-32(28-31)41-34-20-7-9-22-36(34)42(37-23-10-8-21-35(37)41)38-25-13-27-40-43(38)39-26-12-24-33(44(39)45-40)30-16-5-2-6-17-30/h1-28H/i1D,2D,3D,4D,5D,6D,11D,12D,13D,14D,15D,16D,17D,18D,19D,24D,25D,26D,27D,28D. The van der Waals surface area contributed by atoms with Crippen LogP contribution in [0, 0.1) is 0 Å². The molecule has 0 aliphatic carbocycles. The van der Waals surface area contributed by atoms with Crippen LogP contribution in [-0.4, -0.2) is 0 Å². The summed E-state index contributed by atoms with van der Waals surface area (Å²) in [5.41, 5.74) is -2.62. The van der Waals surface area contributed by atoms with E-state index in [1.165, 1.54) is 0 Å². The fourth-order valence-electron chi connectivity index (χ4n) is 5.85. The summed E-state index contributed by atoms with van der Waals surface area (Å²) in [5.74, 6) is 0. The topological polar surface area (TPSA) is 13.1 Å². The van der Waals surface area contributed by atoms with Crippen LogP contribution in [0.2, 0.25) is 0 Å². The Morgan fingerprint density at radius 1 is 0.400 bits per heavy atom. The van der Waals surface area contributed by atoms with Crippen LogP contribution in [0.25, 0.3) is 88.0 Å². The molecule has 8 aromatic carbocycles. The predicted octanol–water partition coefficient (Wildman–Crippen LogP) is 12.6. The number of rotatable bonds is 4. The van der Waals surface area contributed by atoms with Crippen molar-refractivity contribution in [3.8, 4) is 44.5 Å². The third-order valence-electron chi connectivity index (χ3n) is 7.68. The lowest BCUT2D eigenvalue weighted by atomic mass is 9.84. The van der Waals surface area contributed by atoms with Crippen LogP contribution in [0.15, 0.2) is 174 Å². The molecule has 0 aliphatic heterocycles. The maximum Gasteiger partial charge on any atom is 0.143 e. The zero-order valence-electron chi connectivity index (χ0n) is 43.0. The SMILES string of the molecule is [2H]c1c([2H])c([2H])c(-c2c([2H])c([2H])c([2H])c(-c3c4ccccc4c(-c4c([2H])c([2H])c([2H])c5oc6c(-c7c([2H])c([2H])c([2H])c([2H])c7[2H])c([2H])c([2H])c([2H])c6c45)c4ccccc34)c2[2H])c([2H])c1[2H]. The molecule has 0 saturated heterocycles. The zero-order chi connectivity index (χ0) is 47.1. The smallest absolute Gasteiger partial charge is 0.143 e. The van der Waals surface area contributed by atoms with Gasteiger partial charge in [-0.05, 0) is 72.6 Å². The summed E-state index contributed by atoms with van der Waals surface area (Å²) in [6.45, 7) is 0. The monoisotopic (exact) mass is 592 g/mol. The van der Waals surface area contributed by atoms with Gasteiger partial charge in [-0.15, -0.1) is 0 Å². The Bertz CT molecular complexity index is 3550. The molecule has 0 amide bonds. The van der Waals surface area contributed by atoms with Crippen molar-refractivity contribution in [2.45, 2.75) is 0 Å². The lowest BCUT2D eigenvalue weighted by Gasteiger charge is -2.18. The van der Waals surface area contributed by atoms with Crippen LogP contribution in [0.4, 0.5) is 0 Å². The van der Waals surface area contributed by atoms with E-state index in [4.69, 9.17) is 26.3 Å². The molecule has 0 saturated carbocycles. The van der Waals surface area contributed by atoms with E-state index in [0.29, 0.717) is 10.8 Å². The van der Waals surface area contributed by atoms with E-state index in [1.807, 2.05) is 0 Å². The first-order chi connectivity index (χ1) is 30.7. The number of benzene rings is 8. The molecule has 9 rings (SSSR count). The summed E-state index contributed by atoms with van der Waals surface area (Å²) in [6.07, 6.45) is 0. The molecule has 0 fully saturated rings. The molecule has 0 spiro atoms. The highest BCUT2D eigenvalue weighted by Crippen LogP contribution is 2.47. The number of hydrogen-bond donors (Lipinski definition) is 0. The molecule has 0 radical (unpaired) electrons. The molecular weight excluding hydrogens is 544 g/mol. The summed E-state index contributed by atoms with van der Waals surface area (Å²) < 4.78 is 182. The maximum atomic E-state index is 9.58. The van der Waals surface area contributed by atoms with Gasteiger partial charge in [0.25, 0.3) is 0 Å². The molecule has 0 aliphatic rings. The molecular formula is C44H28O. The molecule has 9 aromatic rings. The number of fused-ring (bicyclic) bond motifs is 5. The quantitative estimate of drug-likeness (QED) is 0.185. The van der Waals surface area contributed by atoms with Crippen molar-refractivity contribution in [1.29, 1.82) is 0 Å². The Kier molecular flexibility index (Phi) is 2.90. The summed E-state index contributed by atoms with van der Waals surface area (Å²) >= 11 is 0. The number of hydrogen-bond acceptors (Lipinski definition) is 1. The molecule has 45 heavy (non-hydrogen) atoms. The van der Waals surface area contributed by atoms with Gasteiger partial charge in [-0.3, -0.25) is 0 Å². The third kappa shape index (κ3) is 4.09. The van der Waals surface area contributed by atoms with Gasteiger partial charge in [0.1, 0.15) is 11.2 Å². The fraction of sp³-hybridized carbons (Fsp3) is 0. The highest BCUT2D eigenvalue weighted by Gasteiger charge is 2.21. The molecule has 0 N–H and O–H groups in total. The van der Waals surface area contributed by atoms with Gasteiger partial charge in [0.15, 0.2) is 0 Å². The average molecular weight is 593 g/mol. The van der Waals surface area contributed by atoms with E-state index in [-0.39, 0.29) is 49.4 Å². The van der Waals surface area contributed by atoms with E-state index < -0.39 is 149 Å². The van der Waals surface area contributed by atoms with Crippen molar-refractivity contribution in [2.24, 2.45) is 0 Å². The van der Waals surface area contributed by atoms with Gasteiger partial charge in [-0.2, -0.15) is 0 Å². The van der Waals surface area contributed by atoms with Crippen molar-refractivity contribution in [3.63, 3.8) is 0 Å². The second kappa shape index (κ2) is 10.4. The van der Waals surface area contributed by atoms with Gasteiger partial charge >= 0.3 is 0 Å². The third-order valence-corrected chi connectivity index (χ3v) is 7.68. The molecule has 1 heteroatoms. The van der Waals surface area contributed by atoms with Crippen LogP contribution >= 0.6 is 0 Å². The highest BCUT2D eigenvalue weighted by molar-refractivity contribution is 6.26. The van der Waals surface area contributed by atoms with Gasteiger partial charge < -0.3 is 4.42 Å². The van der Waals surface area contributed by atoms with E-state index in [1.54, 1.807) is 48.5 Å². The summed E-state index contributed by atoms with van der Waals surface area (Å²) in [5, 5.41) is 0.802. The van der Waals surface area contributed by atoms with Gasteiger partial charge in [0.2, 0.25) is 0 Å². The normalized spacial score (nSPS) is 17.8. The van der Waals surface area contributed by atoms with Crippen LogP contribution in [0.1, 0.15) is 27.4 Å².